The van der Waals surface area contributed by atoms with Crippen molar-refractivity contribution in [3.05, 3.63) is 29.8 Å². The minimum absolute atomic E-state index is 0.345. The van der Waals surface area contributed by atoms with Crippen molar-refractivity contribution in [3.8, 4) is 0 Å². The van der Waals surface area contributed by atoms with Gasteiger partial charge in [-0.15, -0.1) is 0 Å². The van der Waals surface area contributed by atoms with Crippen molar-refractivity contribution in [2.45, 2.75) is 51.5 Å². The summed E-state index contributed by atoms with van der Waals surface area (Å²) >= 11 is 0. The van der Waals surface area contributed by atoms with Crippen LogP contribution in [0.25, 0.3) is 0 Å². The smallest absolute Gasteiger partial charge is 0.335 e. The molecule has 3 nitrogen and oxygen atoms in total. The summed E-state index contributed by atoms with van der Waals surface area (Å²) in [6.45, 7) is 2.28. The van der Waals surface area contributed by atoms with Crippen LogP contribution in [0.1, 0.15) is 55.8 Å². The fraction of sp³-hybridized carbons (Fsp3) is 0.562. The van der Waals surface area contributed by atoms with Crippen molar-refractivity contribution in [1.82, 2.24) is 0 Å². The standard InChI is InChI=1S/C16H23NO2/c1-2-12-4-3-5-14(9-6-12)17-15-10-7-13(8-11-15)16(18)19/h7-8,10-12,14,17H,2-6,9H2,1H3,(H,18,19). The fourth-order valence-corrected chi connectivity index (χ4v) is 2.88. The lowest BCUT2D eigenvalue weighted by atomic mass is 9.98. The van der Waals surface area contributed by atoms with Gasteiger partial charge in [-0.2, -0.15) is 0 Å². The summed E-state index contributed by atoms with van der Waals surface area (Å²) < 4.78 is 0. The predicted octanol–water partition coefficient (Wildman–Crippen LogP) is 4.16. The van der Waals surface area contributed by atoms with E-state index in [1.807, 2.05) is 12.1 Å². The topological polar surface area (TPSA) is 49.3 Å². The van der Waals surface area contributed by atoms with Crippen LogP contribution in [0.4, 0.5) is 5.69 Å². The molecular weight excluding hydrogens is 238 g/mol. The van der Waals surface area contributed by atoms with Crippen molar-refractivity contribution in [3.63, 3.8) is 0 Å². The van der Waals surface area contributed by atoms with Crippen LogP contribution < -0.4 is 5.32 Å². The lowest BCUT2D eigenvalue weighted by Gasteiger charge is -2.18. The van der Waals surface area contributed by atoms with Crippen LogP contribution in [0.15, 0.2) is 24.3 Å². The molecular formula is C16H23NO2. The Kier molecular flexibility index (Phi) is 4.83. The van der Waals surface area contributed by atoms with Gasteiger partial charge < -0.3 is 10.4 Å². The third kappa shape index (κ3) is 3.98. The Hall–Kier alpha value is -1.51. The number of carbonyl (C=O) groups is 1. The molecule has 1 aromatic carbocycles. The Bertz CT molecular complexity index is 413. The van der Waals surface area contributed by atoms with E-state index in [0.717, 1.165) is 11.6 Å². The van der Waals surface area contributed by atoms with Crippen LogP contribution in [0.3, 0.4) is 0 Å². The van der Waals surface area contributed by atoms with E-state index in [1.165, 1.54) is 38.5 Å². The van der Waals surface area contributed by atoms with Crippen LogP contribution in [-0.4, -0.2) is 17.1 Å². The van der Waals surface area contributed by atoms with E-state index in [1.54, 1.807) is 12.1 Å². The van der Waals surface area contributed by atoms with Crippen molar-refractivity contribution >= 4 is 11.7 Å². The molecule has 1 aliphatic carbocycles. The number of hydrogen-bond acceptors (Lipinski definition) is 2. The molecule has 0 bridgehead atoms. The van der Waals surface area contributed by atoms with Crippen LogP contribution >= 0.6 is 0 Å². The molecule has 0 spiro atoms. The Balaban J connectivity index is 1.91. The minimum Gasteiger partial charge on any atom is -0.478 e. The van der Waals surface area contributed by atoms with E-state index >= 15 is 0 Å². The summed E-state index contributed by atoms with van der Waals surface area (Å²) in [4.78, 5) is 10.8. The van der Waals surface area contributed by atoms with Gasteiger partial charge in [0.05, 0.1) is 5.56 Å². The van der Waals surface area contributed by atoms with Gasteiger partial charge in [-0.3, -0.25) is 0 Å². The first-order chi connectivity index (χ1) is 9.19. The third-order valence-corrected chi connectivity index (χ3v) is 4.17. The SMILES string of the molecule is CCC1CCCC(Nc2ccc(C(=O)O)cc2)CC1. The first-order valence-corrected chi connectivity index (χ1v) is 7.29. The molecule has 2 unspecified atom stereocenters. The average molecular weight is 261 g/mol. The highest BCUT2D eigenvalue weighted by molar-refractivity contribution is 5.87. The fourth-order valence-electron chi connectivity index (χ4n) is 2.88. The first kappa shape index (κ1) is 13.9. The van der Waals surface area contributed by atoms with Gasteiger partial charge in [0, 0.05) is 11.7 Å². The Labute approximate surface area is 115 Å². The normalized spacial score (nSPS) is 23.6. The highest BCUT2D eigenvalue weighted by atomic mass is 16.4. The number of carboxylic acids is 1. The lowest BCUT2D eigenvalue weighted by Crippen LogP contribution is -2.18. The highest BCUT2D eigenvalue weighted by Crippen LogP contribution is 2.27. The van der Waals surface area contributed by atoms with Crippen molar-refractivity contribution < 1.29 is 9.90 Å². The first-order valence-electron chi connectivity index (χ1n) is 7.29. The molecule has 104 valence electrons. The summed E-state index contributed by atoms with van der Waals surface area (Å²) in [5.41, 5.74) is 1.38. The molecule has 0 amide bonds. The van der Waals surface area contributed by atoms with Gasteiger partial charge in [0.2, 0.25) is 0 Å². The maximum atomic E-state index is 10.8. The van der Waals surface area contributed by atoms with Crippen LogP contribution in [-0.2, 0) is 0 Å². The zero-order valence-electron chi connectivity index (χ0n) is 11.6. The van der Waals surface area contributed by atoms with Crippen LogP contribution in [0.2, 0.25) is 0 Å². The van der Waals surface area contributed by atoms with Gasteiger partial charge in [0.15, 0.2) is 0 Å². The number of benzene rings is 1. The number of hydrogen-bond donors (Lipinski definition) is 2. The molecule has 2 rings (SSSR count). The molecule has 1 aromatic rings. The van der Waals surface area contributed by atoms with Gasteiger partial charge in [0.25, 0.3) is 0 Å². The molecule has 1 fully saturated rings. The van der Waals surface area contributed by atoms with Gasteiger partial charge in [-0.1, -0.05) is 26.2 Å². The van der Waals surface area contributed by atoms with Crippen LogP contribution in [0.5, 0.6) is 0 Å². The highest BCUT2D eigenvalue weighted by Gasteiger charge is 2.17. The maximum Gasteiger partial charge on any atom is 0.335 e. The summed E-state index contributed by atoms with van der Waals surface area (Å²) in [5.74, 6) is 0.0213. The number of nitrogens with one attached hydrogen (secondary N) is 1. The van der Waals surface area contributed by atoms with Gasteiger partial charge in [-0.25, -0.2) is 4.79 Å². The van der Waals surface area contributed by atoms with E-state index in [2.05, 4.69) is 12.2 Å². The minimum atomic E-state index is -0.869. The predicted molar refractivity (Wildman–Crippen MR) is 77.7 cm³/mol. The van der Waals surface area contributed by atoms with Gasteiger partial charge in [-0.05, 0) is 49.4 Å². The molecule has 0 aliphatic heterocycles. The second-order valence-corrected chi connectivity index (χ2v) is 5.51. The molecule has 1 aliphatic rings. The Morgan fingerprint density at radius 1 is 1.21 bits per heavy atom. The Morgan fingerprint density at radius 2 is 1.95 bits per heavy atom. The number of aromatic carboxylic acids is 1. The molecule has 0 saturated heterocycles. The Morgan fingerprint density at radius 3 is 2.58 bits per heavy atom. The second kappa shape index (κ2) is 6.60. The van der Waals surface area contributed by atoms with Gasteiger partial charge in [0.1, 0.15) is 0 Å². The molecule has 0 radical (unpaired) electrons. The van der Waals surface area contributed by atoms with E-state index in [0.29, 0.717) is 11.6 Å². The van der Waals surface area contributed by atoms with Crippen molar-refractivity contribution in [2.75, 3.05) is 5.32 Å². The number of rotatable bonds is 4. The molecule has 2 N–H and O–H groups in total. The lowest BCUT2D eigenvalue weighted by molar-refractivity contribution is 0.0697. The van der Waals surface area contributed by atoms with E-state index < -0.39 is 5.97 Å². The van der Waals surface area contributed by atoms with E-state index in [-0.39, 0.29) is 0 Å². The summed E-state index contributed by atoms with van der Waals surface area (Å²) in [6, 6.07) is 7.59. The zero-order chi connectivity index (χ0) is 13.7. The molecule has 3 heteroatoms. The summed E-state index contributed by atoms with van der Waals surface area (Å²) in [6.07, 6.45) is 7.69. The van der Waals surface area contributed by atoms with Crippen molar-refractivity contribution in [1.29, 1.82) is 0 Å². The van der Waals surface area contributed by atoms with E-state index in [9.17, 15) is 4.79 Å². The van der Waals surface area contributed by atoms with E-state index in [4.69, 9.17) is 5.11 Å². The summed E-state index contributed by atoms with van der Waals surface area (Å²) in [5, 5.41) is 12.4. The molecule has 1 saturated carbocycles. The largest absolute Gasteiger partial charge is 0.478 e. The zero-order valence-corrected chi connectivity index (χ0v) is 11.6. The van der Waals surface area contributed by atoms with Crippen molar-refractivity contribution in [2.24, 2.45) is 5.92 Å². The quantitative estimate of drug-likeness (QED) is 0.800. The van der Waals surface area contributed by atoms with Gasteiger partial charge >= 0.3 is 5.97 Å². The maximum absolute atomic E-state index is 10.8. The number of anilines is 1. The second-order valence-electron chi connectivity index (χ2n) is 5.51. The van der Waals surface area contributed by atoms with Crippen LogP contribution in [0, 0.1) is 5.92 Å². The molecule has 0 aromatic heterocycles. The molecule has 0 heterocycles. The monoisotopic (exact) mass is 261 g/mol. The third-order valence-electron chi connectivity index (χ3n) is 4.17. The number of carboxylic acid groups (broad SMARTS) is 1. The summed E-state index contributed by atoms with van der Waals surface area (Å²) in [7, 11) is 0. The molecule has 19 heavy (non-hydrogen) atoms. The average Bonchev–Trinajstić information content (AvgIpc) is 2.64. The molecule has 2 atom stereocenters.